The van der Waals surface area contributed by atoms with Crippen molar-refractivity contribution in [2.75, 3.05) is 57.4 Å². The lowest BCUT2D eigenvalue weighted by Gasteiger charge is -2.37. The van der Waals surface area contributed by atoms with Crippen molar-refractivity contribution in [3.63, 3.8) is 0 Å². The summed E-state index contributed by atoms with van der Waals surface area (Å²) < 4.78 is 7.65. The van der Waals surface area contributed by atoms with Crippen molar-refractivity contribution in [1.82, 2.24) is 14.4 Å². The molecule has 2 fully saturated rings. The first-order valence-electron chi connectivity index (χ1n) is 12.4. The molecule has 0 saturated carbocycles. The van der Waals surface area contributed by atoms with E-state index in [1.54, 1.807) is 16.4 Å². The van der Waals surface area contributed by atoms with Crippen molar-refractivity contribution in [2.45, 2.75) is 47.1 Å². The fourth-order valence-electron chi connectivity index (χ4n) is 4.48. The molecule has 0 aromatic carbocycles. The lowest BCUT2D eigenvalue weighted by atomic mass is 10.0. The van der Waals surface area contributed by atoms with E-state index in [0.29, 0.717) is 47.5 Å². The van der Waals surface area contributed by atoms with Crippen LogP contribution >= 0.6 is 24.0 Å². The molecule has 1 aromatic rings. The highest BCUT2D eigenvalue weighted by Crippen LogP contribution is 2.36. The molecule has 0 unspecified atom stereocenters. The van der Waals surface area contributed by atoms with Crippen molar-refractivity contribution in [3.05, 3.63) is 31.9 Å². The van der Waals surface area contributed by atoms with Gasteiger partial charge >= 0.3 is 0 Å². The molecule has 2 saturated heterocycles. The first-order chi connectivity index (χ1) is 16.9. The van der Waals surface area contributed by atoms with Crippen LogP contribution in [0.4, 0.5) is 5.82 Å². The number of rotatable bonds is 10. The number of pyridine rings is 1. The second kappa shape index (κ2) is 12.7. The Balaban J connectivity index is 2.07. The molecule has 0 spiro atoms. The average Bonchev–Trinajstić information content (AvgIpc) is 3.12. The van der Waals surface area contributed by atoms with Gasteiger partial charge in [-0.1, -0.05) is 37.8 Å². The summed E-state index contributed by atoms with van der Waals surface area (Å²) in [6.07, 6.45) is 3.31. The molecule has 1 aromatic heterocycles. The van der Waals surface area contributed by atoms with Gasteiger partial charge in [-0.05, 0) is 44.9 Å². The third-order valence-corrected chi connectivity index (χ3v) is 7.81. The third kappa shape index (κ3) is 5.97. The smallest absolute Gasteiger partial charge is 0.270 e. The van der Waals surface area contributed by atoms with Crippen molar-refractivity contribution in [1.29, 1.82) is 5.26 Å². The monoisotopic (exact) mass is 517 g/mol. The molecule has 0 atom stereocenters. The van der Waals surface area contributed by atoms with Crippen molar-refractivity contribution in [3.8, 4) is 6.07 Å². The van der Waals surface area contributed by atoms with Gasteiger partial charge in [0.05, 0.1) is 4.91 Å². The second-order valence-electron chi connectivity index (χ2n) is 8.61. The van der Waals surface area contributed by atoms with Crippen LogP contribution in [0.2, 0.25) is 0 Å². The highest BCUT2D eigenvalue weighted by Gasteiger charge is 2.33. The lowest BCUT2D eigenvalue weighted by molar-refractivity contribution is -0.122. The number of piperazine rings is 1. The van der Waals surface area contributed by atoms with E-state index < -0.39 is 0 Å². The quantitative estimate of drug-likeness (QED) is 0.266. The molecule has 8 nitrogen and oxygen atoms in total. The minimum atomic E-state index is -0.264. The van der Waals surface area contributed by atoms with Gasteiger partial charge in [-0.3, -0.25) is 19.1 Å². The summed E-state index contributed by atoms with van der Waals surface area (Å²) in [6.45, 7) is 14.5. The van der Waals surface area contributed by atoms with Crippen LogP contribution in [-0.2, 0) is 16.1 Å². The number of thiocarbonyl (C=S) groups is 1. The van der Waals surface area contributed by atoms with E-state index in [4.69, 9.17) is 17.0 Å². The maximum absolute atomic E-state index is 13.3. The van der Waals surface area contributed by atoms with Crippen LogP contribution in [0.1, 0.15) is 50.3 Å². The van der Waals surface area contributed by atoms with Gasteiger partial charge in [0, 0.05) is 58.0 Å². The van der Waals surface area contributed by atoms with E-state index in [-0.39, 0.29) is 17.0 Å². The van der Waals surface area contributed by atoms with Gasteiger partial charge in [0.15, 0.2) is 0 Å². The maximum Gasteiger partial charge on any atom is 0.270 e. The number of amides is 1. The number of likely N-dealkylation sites (N-methyl/N-ethyl adjacent to an activating group) is 1. The number of hydrogen-bond donors (Lipinski definition) is 0. The van der Waals surface area contributed by atoms with Gasteiger partial charge in [0.2, 0.25) is 0 Å². The summed E-state index contributed by atoms with van der Waals surface area (Å²) in [4.78, 5) is 33.3. The largest absolute Gasteiger partial charge is 0.382 e. The molecule has 2 aliphatic heterocycles. The molecule has 1 amide bonds. The van der Waals surface area contributed by atoms with Crippen LogP contribution in [0, 0.1) is 18.3 Å². The standard InChI is InChI=1S/C25H35N5O3S2/c1-5-9-29-22(28-13-11-27(6-2)12-14-28)19(18(4)20(17-26)23(29)31)16-21-24(32)30(25(34)35-21)10-8-15-33-7-3/h16H,5-15H2,1-4H3/b21-16-. The maximum atomic E-state index is 13.3. The Morgan fingerprint density at radius 3 is 2.46 bits per heavy atom. The van der Waals surface area contributed by atoms with Gasteiger partial charge in [-0.15, -0.1) is 0 Å². The minimum Gasteiger partial charge on any atom is -0.382 e. The zero-order chi connectivity index (χ0) is 25.5. The van der Waals surface area contributed by atoms with Gasteiger partial charge in [-0.25, -0.2) is 0 Å². The van der Waals surface area contributed by atoms with E-state index in [1.807, 2.05) is 19.9 Å². The Morgan fingerprint density at radius 2 is 1.86 bits per heavy atom. The van der Waals surface area contributed by atoms with E-state index in [9.17, 15) is 14.9 Å². The highest BCUT2D eigenvalue weighted by molar-refractivity contribution is 8.26. The molecule has 0 N–H and O–H groups in total. The normalized spacial score (nSPS) is 18.1. The van der Waals surface area contributed by atoms with Crippen LogP contribution in [0.15, 0.2) is 9.70 Å². The summed E-state index contributed by atoms with van der Waals surface area (Å²) in [5.41, 5.74) is 1.24. The van der Waals surface area contributed by atoms with E-state index in [0.717, 1.165) is 50.5 Å². The number of thioether (sulfide) groups is 1. The number of anilines is 1. The zero-order valence-electron chi connectivity index (χ0n) is 21.1. The molecule has 190 valence electrons. The van der Waals surface area contributed by atoms with Crippen LogP contribution < -0.4 is 10.5 Å². The molecule has 3 heterocycles. The molecule has 0 bridgehead atoms. The predicted octanol–water partition coefficient (Wildman–Crippen LogP) is 3.21. The van der Waals surface area contributed by atoms with Gasteiger partial charge in [0.25, 0.3) is 11.5 Å². The molecule has 0 radical (unpaired) electrons. The Hall–Kier alpha value is -2.19. The summed E-state index contributed by atoms with van der Waals surface area (Å²) >= 11 is 6.78. The van der Waals surface area contributed by atoms with Gasteiger partial charge < -0.3 is 14.5 Å². The number of carbonyl (C=O) groups is 1. The number of nitriles is 1. The first kappa shape index (κ1) is 27.4. The summed E-state index contributed by atoms with van der Waals surface area (Å²) in [5.74, 6) is 0.662. The number of aromatic nitrogens is 1. The van der Waals surface area contributed by atoms with Crippen molar-refractivity contribution >= 4 is 46.1 Å². The summed E-state index contributed by atoms with van der Waals surface area (Å²) in [5, 5.41) is 9.80. The first-order valence-corrected chi connectivity index (χ1v) is 13.6. The summed E-state index contributed by atoms with van der Waals surface area (Å²) in [6, 6.07) is 2.11. The van der Waals surface area contributed by atoms with E-state index in [2.05, 4.69) is 22.8 Å². The SMILES string of the molecule is CCCn1c(N2CCN(CC)CC2)c(/C=C2\SC(=S)N(CCCOCC)C2=O)c(C)c(C#N)c1=O. The second-order valence-corrected chi connectivity index (χ2v) is 10.3. The number of hydrogen-bond acceptors (Lipinski definition) is 8. The van der Waals surface area contributed by atoms with Crippen LogP contribution in [0.5, 0.6) is 0 Å². The topological polar surface area (TPSA) is 81.8 Å². The van der Waals surface area contributed by atoms with Gasteiger partial charge in [0.1, 0.15) is 21.8 Å². The molecule has 35 heavy (non-hydrogen) atoms. The molecular formula is C25H35N5O3S2. The molecule has 0 aliphatic carbocycles. The predicted molar refractivity (Wildman–Crippen MR) is 146 cm³/mol. The Morgan fingerprint density at radius 1 is 1.14 bits per heavy atom. The Labute approximate surface area is 217 Å². The van der Waals surface area contributed by atoms with Crippen molar-refractivity contribution in [2.24, 2.45) is 0 Å². The Kier molecular flexibility index (Phi) is 9.92. The summed E-state index contributed by atoms with van der Waals surface area (Å²) in [7, 11) is 0. The number of nitrogens with zero attached hydrogens (tertiary/aromatic N) is 5. The molecular weight excluding hydrogens is 482 g/mol. The number of carbonyl (C=O) groups excluding carboxylic acids is 1. The fraction of sp³-hybridized carbons (Fsp3) is 0.600. The molecule has 10 heteroatoms. The van der Waals surface area contributed by atoms with Crippen LogP contribution in [-0.4, -0.2) is 77.1 Å². The molecule has 2 aliphatic rings. The Bertz CT molecular complexity index is 1080. The van der Waals surface area contributed by atoms with Crippen LogP contribution in [0.3, 0.4) is 0 Å². The van der Waals surface area contributed by atoms with Crippen LogP contribution in [0.25, 0.3) is 6.08 Å². The average molecular weight is 518 g/mol. The lowest BCUT2D eigenvalue weighted by Crippen LogP contribution is -2.48. The fourth-order valence-corrected chi connectivity index (χ4v) is 5.78. The third-order valence-electron chi connectivity index (χ3n) is 6.44. The zero-order valence-corrected chi connectivity index (χ0v) is 22.8. The number of ether oxygens (including phenoxy) is 1. The molecule has 3 rings (SSSR count). The van der Waals surface area contributed by atoms with E-state index in [1.165, 1.54) is 11.8 Å². The highest BCUT2D eigenvalue weighted by atomic mass is 32.2. The minimum absolute atomic E-state index is 0.132. The van der Waals surface area contributed by atoms with Gasteiger partial charge in [-0.2, -0.15) is 5.26 Å². The van der Waals surface area contributed by atoms with E-state index >= 15 is 0 Å². The van der Waals surface area contributed by atoms with Crippen molar-refractivity contribution < 1.29 is 9.53 Å².